The van der Waals surface area contributed by atoms with Crippen LogP contribution in [0.25, 0.3) is 0 Å². The molecule has 0 saturated heterocycles. The molecular formula is C14H20F3N5O. The fourth-order valence-electron chi connectivity index (χ4n) is 2.54. The minimum absolute atomic E-state index is 0.0371. The molecule has 2 N–H and O–H groups in total. The minimum Gasteiger partial charge on any atom is -0.351 e. The van der Waals surface area contributed by atoms with E-state index in [1.165, 1.54) is 4.57 Å². The third-order valence-electron chi connectivity index (χ3n) is 3.82. The number of fused-ring (bicyclic) bond motifs is 1. The second-order valence-corrected chi connectivity index (χ2v) is 5.50. The van der Waals surface area contributed by atoms with Crippen LogP contribution in [0.15, 0.2) is 12.7 Å². The molecule has 0 fully saturated rings. The SMILES string of the molecule is C=CCNC(=O)C(C)NCc1nnc2n1CCCC2C(F)(F)F. The van der Waals surface area contributed by atoms with Gasteiger partial charge in [0.15, 0.2) is 0 Å². The number of hydrogen-bond donors (Lipinski definition) is 2. The molecular weight excluding hydrogens is 311 g/mol. The Morgan fingerprint density at radius 2 is 2.26 bits per heavy atom. The number of aromatic nitrogens is 3. The Morgan fingerprint density at radius 1 is 1.52 bits per heavy atom. The lowest BCUT2D eigenvalue weighted by Crippen LogP contribution is -2.42. The van der Waals surface area contributed by atoms with Gasteiger partial charge >= 0.3 is 6.18 Å². The van der Waals surface area contributed by atoms with Crippen molar-refractivity contribution in [3.8, 4) is 0 Å². The zero-order chi connectivity index (χ0) is 17.0. The van der Waals surface area contributed by atoms with Crippen molar-refractivity contribution in [3.05, 3.63) is 24.3 Å². The van der Waals surface area contributed by atoms with Crippen LogP contribution in [0, 0.1) is 0 Å². The minimum atomic E-state index is -4.31. The van der Waals surface area contributed by atoms with Crippen LogP contribution in [0.1, 0.15) is 37.3 Å². The Bertz CT molecular complexity index is 569. The summed E-state index contributed by atoms with van der Waals surface area (Å²) in [5, 5.41) is 13.2. The highest BCUT2D eigenvalue weighted by atomic mass is 19.4. The Morgan fingerprint density at radius 3 is 2.91 bits per heavy atom. The van der Waals surface area contributed by atoms with Crippen molar-refractivity contribution in [1.82, 2.24) is 25.4 Å². The first-order valence-corrected chi connectivity index (χ1v) is 7.45. The third-order valence-corrected chi connectivity index (χ3v) is 3.82. The monoisotopic (exact) mass is 331 g/mol. The number of nitrogens with one attached hydrogen (secondary N) is 2. The second-order valence-electron chi connectivity index (χ2n) is 5.50. The van der Waals surface area contributed by atoms with E-state index in [1.807, 2.05) is 0 Å². The predicted octanol–water partition coefficient (Wildman–Crippen LogP) is 1.50. The van der Waals surface area contributed by atoms with Crippen molar-refractivity contribution in [3.63, 3.8) is 0 Å². The van der Waals surface area contributed by atoms with E-state index in [0.717, 1.165) is 0 Å². The Balaban J connectivity index is 2.02. The van der Waals surface area contributed by atoms with E-state index in [9.17, 15) is 18.0 Å². The molecule has 0 aliphatic carbocycles. The van der Waals surface area contributed by atoms with Gasteiger partial charge in [-0.05, 0) is 19.8 Å². The highest BCUT2D eigenvalue weighted by molar-refractivity contribution is 5.81. The molecule has 6 nitrogen and oxygen atoms in total. The van der Waals surface area contributed by atoms with Crippen molar-refractivity contribution in [2.75, 3.05) is 6.54 Å². The summed E-state index contributed by atoms with van der Waals surface area (Å²) in [6, 6.07) is -0.495. The van der Waals surface area contributed by atoms with Gasteiger partial charge in [-0.25, -0.2) is 0 Å². The average molecular weight is 331 g/mol. The predicted molar refractivity (Wildman–Crippen MR) is 77.6 cm³/mol. The lowest BCUT2D eigenvalue weighted by atomic mass is 9.98. The lowest BCUT2D eigenvalue weighted by Gasteiger charge is -2.25. The molecule has 0 radical (unpaired) electrons. The first-order valence-electron chi connectivity index (χ1n) is 7.45. The van der Waals surface area contributed by atoms with E-state index < -0.39 is 18.1 Å². The van der Waals surface area contributed by atoms with Crippen LogP contribution in [0.5, 0.6) is 0 Å². The van der Waals surface area contributed by atoms with Crippen LogP contribution in [0.3, 0.4) is 0 Å². The van der Waals surface area contributed by atoms with Gasteiger partial charge in [-0.3, -0.25) is 10.1 Å². The smallest absolute Gasteiger partial charge is 0.351 e. The molecule has 2 unspecified atom stereocenters. The quantitative estimate of drug-likeness (QED) is 0.775. The van der Waals surface area contributed by atoms with Crippen molar-refractivity contribution in [2.24, 2.45) is 0 Å². The van der Waals surface area contributed by atoms with Gasteiger partial charge in [0, 0.05) is 13.1 Å². The number of alkyl halides is 3. The van der Waals surface area contributed by atoms with Crippen LogP contribution in [0.4, 0.5) is 13.2 Å². The Hall–Kier alpha value is -1.90. The molecule has 128 valence electrons. The van der Waals surface area contributed by atoms with Gasteiger partial charge in [0.2, 0.25) is 5.91 Å². The van der Waals surface area contributed by atoms with Gasteiger partial charge in [-0.2, -0.15) is 13.2 Å². The first kappa shape index (κ1) is 17.5. The summed E-state index contributed by atoms with van der Waals surface area (Å²) in [5.41, 5.74) is 0. The summed E-state index contributed by atoms with van der Waals surface area (Å²) in [5.74, 6) is -1.40. The van der Waals surface area contributed by atoms with Crippen molar-refractivity contribution in [2.45, 2.75) is 51.0 Å². The fourth-order valence-corrected chi connectivity index (χ4v) is 2.54. The Kier molecular flexibility index (Phi) is 5.40. The number of hydrogen-bond acceptors (Lipinski definition) is 4. The summed E-state index contributed by atoms with van der Waals surface area (Å²) >= 11 is 0. The number of carbonyl (C=O) groups excluding carboxylic acids is 1. The highest BCUT2D eigenvalue weighted by Crippen LogP contribution is 2.40. The number of halogens is 3. The normalized spacial score (nSPS) is 19.0. The maximum atomic E-state index is 13.0. The topological polar surface area (TPSA) is 71.8 Å². The third kappa shape index (κ3) is 4.10. The molecule has 2 atom stereocenters. The van der Waals surface area contributed by atoms with Gasteiger partial charge in [0.05, 0.1) is 12.6 Å². The summed E-state index contributed by atoms with van der Waals surface area (Å²) in [7, 11) is 0. The van der Waals surface area contributed by atoms with Gasteiger partial charge in [-0.15, -0.1) is 16.8 Å². The molecule has 0 aromatic carbocycles. The van der Waals surface area contributed by atoms with E-state index in [2.05, 4.69) is 27.4 Å². The molecule has 1 aromatic rings. The molecule has 2 heterocycles. The number of carbonyl (C=O) groups is 1. The van der Waals surface area contributed by atoms with Crippen LogP contribution in [0.2, 0.25) is 0 Å². The standard InChI is InChI=1S/C14H20F3N5O/c1-3-6-18-13(23)9(2)19-8-11-20-21-12-10(14(15,16)17)5-4-7-22(11)12/h3,9-10,19H,1,4-8H2,2H3,(H,18,23). The summed E-state index contributed by atoms with van der Waals surface area (Å²) in [6.45, 7) is 6.18. The summed E-state index contributed by atoms with van der Waals surface area (Å²) < 4.78 is 40.5. The van der Waals surface area contributed by atoms with E-state index in [0.29, 0.717) is 25.3 Å². The highest BCUT2D eigenvalue weighted by Gasteiger charge is 2.45. The molecule has 0 spiro atoms. The molecule has 1 amide bonds. The van der Waals surface area contributed by atoms with E-state index >= 15 is 0 Å². The van der Waals surface area contributed by atoms with Gasteiger partial charge in [0.25, 0.3) is 0 Å². The zero-order valence-corrected chi connectivity index (χ0v) is 12.9. The fraction of sp³-hybridized carbons (Fsp3) is 0.643. The lowest BCUT2D eigenvalue weighted by molar-refractivity contribution is -0.156. The van der Waals surface area contributed by atoms with Gasteiger partial charge in [0.1, 0.15) is 17.6 Å². The average Bonchev–Trinajstić information content (AvgIpc) is 2.92. The van der Waals surface area contributed by atoms with E-state index in [4.69, 9.17) is 0 Å². The van der Waals surface area contributed by atoms with Gasteiger partial charge in [-0.1, -0.05) is 6.08 Å². The van der Waals surface area contributed by atoms with Crippen LogP contribution < -0.4 is 10.6 Å². The van der Waals surface area contributed by atoms with E-state index in [-0.39, 0.29) is 24.7 Å². The van der Waals surface area contributed by atoms with Crippen LogP contribution in [-0.4, -0.2) is 39.4 Å². The largest absolute Gasteiger partial charge is 0.398 e. The first-order chi connectivity index (χ1) is 10.8. The Labute approximate surface area is 132 Å². The molecule has 0 saturated carbocycles. The second kappa shape index (κ2) is 7.12. The summed E-state index contributed by atoms with van der Waals surface area (Å²) in [4.78, 5) is 11.7. The molecule has 23 heavy (non-hydrogen) atoms. The van der Waals surface area contributed by atoms with Crippen molar-refractivity contribution >= 4 is 5.91 Å². The maximum absolute atomic E-state index is 13.0. The van der Waals surface area contributed by atoms with Gasteiger partial charge < -0.3 is 9.88 Å². The molecule has 0 bridgehead atoms. The molecule has 1 aromatic heterocycles. The molecule has 9 heteroatoms. The van der Waals surface area contributed by atoms with Crippen LogP contribution in [-0.2, 0) is 17.9 Å². The maximum Gasteiger partial charge on any atom is 0.398 e. The number of rotatable bonds is 6. The number of nitrogens with zero attached hydrogens (tertiary/aromatic N) is 3. The summed E-state index contributed by atoms with van der Waals surface area (Å²) in [6.07, 6.45) is -2.28. The zero-order valence-electron chi connectivity index (χ0n) is 12.9. The molecule has 2 rings (SSSR count). The number of amides is 1. The van der Waals surface area contributed by atoms with Crippen molar-refractivity contribution in [1.29, 1.82) is 0 Å². The molecule has 1 aliphatic rings. The van der Waals surface area contributed by atoms with Crippen LogP contribution >= 0.6 is 0 Å². The van der Waals surface area contributed by atoms with Crippen molar-refractivity contribution < 1.29 is 18.0 Å². The van der Waals surface area contributed by atoms with E-state index in [1.54, 1.807) is 13.0 Å². The molecule has 1 aliphatic heterocycles.